The van der Waals surface area contributed by atoms with E-state index in [-0.39, 0.29) is 13.1 Å². The lowest BCUT2D eigenvalue weighted by molar-refractivity contribution is -0.141. The van der Waals surface area contributed by atoms with Crippen LogP contribution in [-0.2, 0) is 19.3 Å². The Balaban J connectivity index is 1.53. The normalized spacial score (nSPS) is 11.5. The summed E-state index contributed by atoms with van der Waals surface area (Å²) in [5, 5.41) is 7.73. The molecule has 8 nitrogen and oxygen atoms in total. The van der Waals surface area contributed by atoms with Gasteiger partial charge < -0.3 is 15.8 Å². The second-order valence-electron chi connectivity index (χ2n) is 7.46. The van der Waals surface area contributed by atoms with E-state index >= 15 is 0 Å². The SMILES string of the molecule is CCOc1cc(Cn2cc(C(=O)NCc3ccc4c(N)nccc4c3)c(C(F)(F)F)n2)ccn1. The van der Waals surface area contributed by atoms with E-state index in [0.29, 0.717) is 29.4 Å². The Morgan fingerprint density at radius 2 is 1.91 bits per heavy atom. The number of anilines is 1. The minimum atomic E-state index is -4.79. The quantitative estimate of drug-likeness (QED) is 0.425. The smallest absolute Gasteiger partial charge is 0.435 e. The molecule has 4 rings (SSSR count). The number of carbonyl (C=O) groups is 1. The highest BCUT2D eigenvalue weighted by Gasteiger charge is 2.39. The molecule has 34 heavy (non-hydrogen) atoms. The molecular weight excluding hydrogens is 449 g/mol. The Kier molecular flexibility index (Phi) is 6.35. The van der Waals surface area contributed by atoms with E-state index in [9.17, 15) is 18.0 Å². The molecule has 0 aliphatic carbocycles. The molecule has 1 amide bonds. The summed E-state index contributed by atoms with van der Waals surface area (Å²) in [5.74, 6) is -0.148. The van der Waals surface area contributed by atoms with Crippen LogP contribution < -0.4 is 15.8 Å². The van der Waals surface area contributed by atoms with Gasteiger partial charge in [0.1, 0.15) is 5.82 Å². The van der Waals surface area contributed by atoms with Crippen molar-refractivity contribution in [1.29, 1.82) is 0 Å². The number of pyridine rings is 2. The summed E-state index contributed by atoms with van der Waals surface area (Å²) >= 11 is 0. The molecule has 0 fully saturated rings. The van der Waals surface area contributed by atoms with Crippen molar-refractivity contribution in [3.63, 3.8) is 0 Å². The van der Waals surface area contributed by atoms with Gasteiger partial charge in [0.2, 0.25) is 5.88 Å². The molecule has 3 N–H and O–H groups in total. The maximum Gasteiger partial charge on any atom is 0.435 e. The van der Waals surface area contributed by atoms with Crippen molar-refractivity contribution in [2.24, 2.45) is 0 Å². The number of hydrogen-bond acceptors (Lipinski definition) is 6. The fourth-order valence-electron chi connectivity index (χ4n) is 3.48. The number of nitrogens with one attached hydrogen (secondary N) is 1. The van der Waals surface area contributed by atoms with E-state index in [1.807, 2.05) is 0 Å². The number of nitrogen functional groups attached to an aromatic ring is 1. The lowest BCUT2D eigenvalue weighted by Gasteiger charge is -2.08. The largest absolute Gasteiger partial charge is 0.478 e. The number of halogens is 3. The minimum Gasteiger partial charge on any atom is -0.478 e. The third-order valence-electron chi connectivity index (χ3n) is 5.02. The van der Waals surface area contributed by atoms with Crippen LogP contribution in [0.25, 0.3) is 10.8 Å². The van der Waals surface area contributed by atoms with Gasteiger partial charge in [0, 0.05) is 36.6 Å². The molecule has 4 aromatic rings. The summed E-state index contributed by atoms with van der Waals surface area (Å²) in [7, 11) is 0. The molecular formula is C23H21F3N6O2. The number of fused-ring (bicyclic) bond motifs is 1. The monoisotopic (exact) mass is 470 g/mol. The van der Waals surface area contributed by atoms with E-state index in [0.717, 1.165) is 21.7 Å². The number of amides is 1. The molecule has 3 aromatic heterocycles. The predicted octanol–water partition coefficient (Wildman–Crippen LogP) is 3.80. The molecule has 0 saturated heterocycles. The van der Waals surface area contributed by atoms with Crippen LogP contribution in [0.1, 0.15) is 34.1 Å². The van der Waals surface area contributed by atoms with Gasteiger partial charge in [-0.15, -0.1) is 0 Å². The van der Waals surface area contributed by atoms with Crippen LogP contribution in [0.3, 0.4) is 0 Å². The lowest BCUT2D eigenvalue weighted by Crippen LogP contribution is -2.25. The molecule has 1 aromatic carbocycles. The molecule has 0 atom stereocenters. The fourth-order valence-corrected chi connectivity index (χ4v) is 3.48. The van der Waals surface area contributed by atoms with Gasteiger partial charge in [-0.3, -0.25) is 9.48 Å². The first kappa shape index (κ1) is 23.0. The number of hydrogen-bond donors (Lipinski definition) is 2. The zero-order valence-electron chi connectivity index (χ0n) is 18.1. The van der Waals surface area contributed by atoms with Gasteiger partial charge in [0.25, 0.3) is 5.91 Å². The Labute approximate surface area is 192 Å². The maximum absolute atomic E-state index is 13.6. The average molecular weight is 470 g/mol. The molecule has 0 bridgehead atoms. The third-order valence-corrected chi connectivity index (χ3v) is 5.02. The number of carbonyl (C=O) groups excluding carboxylic acids is 1. The van der Waals surface area contributed by atoms with E-state index in [4.69, 9.17) is 10.5 Å². The van der Waals surface area contributed by atoms with Crippen molar-refractivity contribution in [2.45, 2.75) is 26.2 Å². The van der Waals surface area contributed by atoms with Crippen LogP contribution in [0, 0.1) is 0 Å². The van der Waals surface area contributed by atoms with Gasteiger partial charge in [0.15, 0.2) is 5.69 Å². The molecule has 0 aliphatic rings. The number of nitrogens with zero attached hydrogens (tertiary/aromatic N) is 4. The first-order valence-corrected chi connectivity index (χ1v) is 10.4. The fraction of sp³-hybridized carbons (Fsp3) is 0.217. The zero-order chi connectivity index (χ0) is 24.3. The second kappa shape index (κ2) is 9.38. The highest BCUT2D eigenvalue weighted by atomic mass is 19.4. The first-order chi connectivity index (χ1) is 16.2. The second-order valence-corrected chi connectivity index (χ2v) is 7.46. The lowest BCUT2D eigenvalue weighted by atomic mass is 10.1. The summed E-state index contributed by atoms with van der Waals surface area (Å²) in [6.45, 7) is 2.25. The van der Waals surface area contributed by atoms with Gasteiger partial charge >= 0.3 is 6.18 Å². The van der Waals surface area contributed by atoms with Crippen molar-refractivity contribution >= 4 is 22.5 Å². The summed E-state index contributed by atoms with van der Waals surface area (Å²) in [5.41, 5.74) is 5.36. The minimum absolute atomic E-state index is 0.0130. The standard InChI is InChI=1S/C23H21F3N6O2/c1-2-34-19-10-15(5-7-28-19)12-32-13-18(20(31-32)23(24,25)26)22(33)30-11-14-3-4-17-16(9-14)6-8-29-21(17)27/h3-10,13H,2,11-12H2,1H3,(H2,27,29)(H,30,33). The topological polar surface area (TPSA) is 108 Å². The molecule has 0 radical (unpaired) electrons. The predicted molar refractivity (Wildman–Crippen MR) is 119 cm³/mol. The van der Waals surface area contributed by atoms with Crippen LogP contribution in [0.5, 0.6) is 5.88 Å². The molecule has 11 heteroatoms. The van der Waals surface area contributed by atoms with Gasteiger partial charge in [-0.25, -0.2) is 9.97 Å². The van der Waals surface area contributed by atoms with Crippen LogP contribution >= 0.6 is 0 Å². The molecule has 0 spiro atoms. The Bertz CT molecular complexity index is 1340. The summed E-state index contributed by atoms with van der Waals surface area (Å²) < 4.78 is 47.2. The van der Waals surface area contributed by atoms with E-state index < -0.39 is 23.3 Å². The van der Waals surface area contributed by atoms with Gasteiger partial charge in [-0.05, 0) is 41.6 Å². The number of rotatable bonds is 7. The molecule has 0 aliphatic heterocycles. The van der Waals surface area contributed by atoms with Crippen molar-refractivity contribution in [3.8, 4) is 5.88 Å². The number of benzene rings is 1. The van der Waals surface area contributed by atoms with Crippen molar-refractivity contribution in [2.75, 3.05) is 12.3 Å². The van der Waals surface area contributed by atoms with Crippen LogP contribution in [0.15, 0.2) is 55.0 Å². The number of aromatic nitrogens is 4. The number of alkyl halides is 3. The van der Waals surface area contributed by atoms with Gasteiger partial charge in [0.05, 0.1) is 18.7 Å². The molecule has 0 saturated carbocycles. The summed E-state index contributed by atoms with van der Waals surface area (Å²) in [4.78, 5) is 20.7. The zero-order valence-corrected chi connectivity index (χ0v) is 18.1. The first-order valence-electron chi connectivity index (χ1n) is 10.4. The van der Waals surface area contributed by atoms with Crippen molar-refractivity contribution < 1.29 is 22.7 Å². The van der Waals surface area contributed by atoms with Crippen LogP contribution in [0.4, 0.5) is 19.0 Å². The summed E-state index contributed by atoms with van der Waals surface area (Å²) in [6.07, 6.45) is -0.647. The number of nitrogens with two attached hydrogens (primary N) is 1. The highest BCUT2D eigenvalue weighted by Crippen LogP contribution is 2.31. The van der Waals surface area contributed by atoms with E-state index in [2.05, 4.69) is 20.4 Å². The van der Waals surface area contributed by atoms with Gasteiger partial charge in [-0.1, -0.05) is 12.1 Å². The summed E-state index contributed by atoms with van der Waals surface area (Å²) in [6, 6.07) is 10.3. The molecule has 3 heterocycles. The van der Waals surface area contributed by atoms with Gasteiger partial charge in [-0.2, -0.15) is 18.3 Å². The Morgan fingerprint density at radius 1 is 1.12 bits per heavy atom. The average Bonchev–Trinajstić information content (AvgIpc) is 3.23. The van der Waals surface area contributed by atoms with E-state index in [1.54, 1.807) is 49.5 Å². The van der Waals surface area contributed by atoms with Crippen LogP contribution in [-0.4, -0.2) is 32.3 Å². The Hall–Kier alpha value is -4.15. The maximum atomic E-state index is 13.6. The molecule has 176 valence electrons. The van der Waals surface area contributed by atoms with E-state index in [1.165, 1.54) is 6.20 Å². The Morgan fingerprint density at radius 3 is 2.68 bits per heavy atom. The third kappa shape index (κ3) is 5.08. The molecule has 0 unspecified atom stereocenters. The number of ether oxygens (including phenoxy) is 1. The highest BCUT2D eigenvalue weighted by molar-refractivity contribution is 5.95. The van der Waals surface area contributed by atoms with Crippen molar-refractivity contribution in [1.82, 2.24) is 25.1 Å². The van der Waals surface area contributed by atoms with Crippen LogP contribution in [0.2, 0.25) is 0 Å². The van der Waals surface area contributed by atoms with Crippen molar-refractivity contribution in [3.05, 3.63) is 77.4 Å².